The van der Waals surface area contributed by atoms with Crippen LogP contribution in [-0.4, -0.2) is 103 Å². The summed E-state index contributed by atoms with van der Waals surface area (Å²) in [5.74, 6) is 1.91. The molecule has 0 atom stereocenters. The number of methoxy groups -OCH3 is 1. The van der Waals surface area contributed by atoms with E-state index in [2.05, 4.69) is 109 Å². The van der Waals surface area contributed by atoms with E-state index >= 15 is 0 Å². The van der Waals surface area contributed by atoms with Gasteiger partial charge in [-0.3, -0.25) is 14.9 Å². The first-order valence-corrected chi connectivity index (χ1v) is 18.6. The van der Waals surface area contributed by atoms with E-state index in [9.17, 15) is 0 Å². The Morgan fingerprint density at radius 3 is 2.49 bits per heavy atom. The highest BCUT2D eigenvalue weighted by Crippen LogP contribution is 2.40. The van der Waals surface area contributed by atoms with Crippen LogP contribution in [0.25, 0.3) is 11.0 Å². The predicted molar refractivity (Wildman–Crippen MR) is 191 cm³/mol. The summed E-state index contributed by atoms with van der Waals surface area (Å²) in [5.41, 5.74) is 6.10. The number of nitrogens with one attached hydrogen (secondary N) is 2. The fraction of sp³-hybridized carbons (Fsp3) is 0.455. The number of aromatic nitrogens is 4. The molecule has 1 aliphatic carbocycles. The van der Waals surface area contributed by atoms with Crippen LogP contribution in [-0.2, 0) is 6.42 Å². The summed E-state index contributed by atoms with van der Waals surface area (Å²) >= 11 is 3.65. The van der Waals surface area contributed by atoms with Crippen molar-refractivity contribution in [3.05, 3.63) is 52.9 Å². The molecule has 2 aromatic carbocycles. The van der Waals surface area contributed by atoms with Gasteiger partial charge in [-0.25, -0.2) is 4.98 Å². The summed E-state index contributed by atoms with van der Waals surface area (Å²) in [7, 11) is 5.70. The summed E-state index contributed by atoms with van der Waals surface area (Å²) in [5, 5.41) is 8.14. The summed E-state index contributed by atoms with van der Waals surface area (Å²) < 4.78 is 6.67. The standard InChI is InChI=1S/C33H43BrN9OP/c1-7-21-16-27(29(44-4)19-28(21)42(3)22-17-23(18-22)43-14-12-41(2)13-15-43)39-33-37-20-24(34)32(40-33)38-26-9-8-25-30(31(26)45(5)6)36-11-10-35-25/h8-11,16,19-20,22-23H,7,12-15,17-18H2,1-6H3,(H2,37,38,39,40)/t22-,23+. The van der Waals surface area contributed by atoms with Gasteiger partial charge in [0.25, 0.3) is 0 Å². The van der Waals surface area contributed by atoms with Gasteiger partial charge >= 0.3 is 0 Å². The number of aryl methyl sites for hydroxylation is 1. The molecular weight excluding hydrogens is 649 g/mol. The Morgan fingerprint density at radius 2 is 1.78 bits per heavy atom. The number of hydrogen-bond acceptors (Lipinski definition) is 10. The fourth-order valence-electron chi connectivity index (χ4n) is 6.39. The molecule has 0 radical (unpaired) electrons. The summed E-state index contributed by atoms with van der Waals surface area (Å²) in [6, 6.07) is 9.61. The smallest absolute Gasteiger partial charge is 0.229 e. The van der Waals surface area contributed by atoms with Gasteiger partial charge in [0.1, 0.15) is 11.6 Å². The maximum atomic E-state index is 5.91. The zero-order valence-corrected chi connectivity index (χ0v) is 29.5. The minimum Gasteiger partial charge on any atom is -0.494 e. The second-order valence-corrected chi connectivity index (χ2v) is 15.3. The third-order valence-electron chi connectivity index (χ3n) is 9.16. The Labute approximate surface area is 275 Å². The van der Waals surface area contributed by atoms with Gasteiger partial charge in [-0.2, -0.15) is 4.98 Å². The highest BCUT2D eigenvalue weighted by Gasteiger charge is 2.37. The van der Waals surface area contributed by atoms with Gasteiger partial charge in [-0.1, -0.05) is 14.8 Å². The van der Waals surface area contributed by atoms with Crippen molar-refractivity contribution >= 4 is 69.0 Å². The zero-order valence-electron chi connectivity index (χ0n) is 27.0. The number of benzene rings is 2. The maximum absolute atomic E-state index is 5.91. The van der Waals surface area contributed by atoms with Crippen LogP contribution in [0.2, 0.25) is 0 Å². The average Bonchev–Trinajstić information content (AvgIpc) is 3.02. The normalized spacial score (nSPS) is 19.0. The summed E-state index contributed by atoms with van der Waals surface area (Å²) in [6.45, 7) is 11.3. The molecule has 0 amide bonds. The van der Waals surface area contributed by atoms with Crippen molar-refractivity contribution in [1.82, 2.24) is 29.7 Å². The first-order chi connectivity index (χ1) is 21.7. The number of rotatable bonds is 10. The van der Waals surface area contributed by atoms with Crippen LogP contribution in [0.15, 0.2) is 47.3 Å². The van der Waals surface area contributed by atoms with Crippen molar-refractivity contribution in [3.8, 4) is 5.75 Å². The predicted octanol–water partition coefficient (Wildman–Crippen LogP) is 5.82. The third-order valence-corrected chi connectivity index (χ3v) is 11.1. The lowest BCUT2D eigenvalue weighted by molar-refractivity contribution is 0.0608. The largest absolute Gasteiger partial charge is 0.494 e. The maximum Gasteiger partial charge on any atom is 0.229 e. The highest BCUT2D eigenvalue weighted by molar-refractivity contribution is 9.10. The molecule has 2 fully saturated rings. The number of anilines is 5. The molecule has 1 aliphatic heterocycles. The Morgan fingerprint density at radius 1 is 1.02 bits per heavy atom. The van der Waals surface area contributed by atoms with E-state index in [-0.39, 0.29) is 0 Å². The third kappa shape index (κ3) is 6.73. The lowest BCUT2D eigenvalue weighted by atomic mass is 9.83. The minimum atomic E-state index is -0.464. The van der Waals surface area contributed by atoms with E-state index in [1.807, 2.05) is 6.07 Å². The molecule has 4 aromatic rings. The summed E-state index contributed by atoms with van der Waals surface area (Å²) in [4.78, 5) is 26.1. The molecule has 0 unspecified atom stereocenters. The second-order valence-electron chi connectivity index (χ2n) is 12.2. The number of hydrogen-bond donors (Lipinski definition) is 2. The molecule has 2 N–H and O–H groups in total. The van der Waals surface area contributed by atoms with Gasteiger partial charge in [0.2, 0.25) is 5.95 Å². The van der Waals surface area contributed by atoms with E-state index in [4.69, 9.17) is 9.72 Å². The van der Waals surface area contributed by atoms with E-state index in [0.717, 1.165) is 44.4 Å². The molecule has 2 aromatic heterocycles. The number of likely N-dealkylation sites (N-methyl/N-ethyl adjacent to an activating group) is 1. The second kappa shape index (κ2) is 13.7. The fourth-order valence-corrected chi connectivity index (χ4v) is 7.89. The van der Waals surface area contributed by atoms with Gasteiger partial charge < -0.3 is 25.2 Å². The van der Waals surface area contributed by atoms with Crippen LogP contribution in [0.1, 0.15) is 25.3 Å². The van der Waals surface area contributed by atoms with Gasteiger partial charge in [-0.15, -0.1) is 0 Å². The molecular formula is C33H43BrN9OP. The van der Waals surface area contributed by atoms with Gasteiger partial charge in [0.05, 0.1) is 28.3 Å². The van der Waals surface area contributed by atoms with Crippen molar-refractivity contribution in [1.29, 1.82) is 0 Å². The van der Waals surface area contributed by atoms with Crippen molar-refractivity contribution in [2.45, 2.75) is 38.3 Å². The number of halogens is 1. The quantitative estimate of drug-likeness (QED) is 0.198. The minimum absolute atomic E-state index is 0.464. The van der Waals surface area contributed by atoms with Crippen LogP contribution >= 0.6 is 23.9 Å². The molecule has 238 valence electrons. The molecule has 6 rings (SSSR count). The van der Waals surface area contributed by atoms with Crippen molar-refractivity contribution in [3.63, 3.8) is 0 Å². The zero-order chi connectivity index (χ0) is 31.7. The molecule has 1 saturated carbocycles. The molecule has 3 heterocycles. The van der Waals surface area contributed by atoms with E-state index < -0.39 is 7.92 Å². The van der Waals surface area contributed by atoms with Crippen LogP contribution in [0, 0.1) is 0 Å². The first-order valence-electron chi connectivity index (χ1n) is 15.6. The molecule has 2 aliphatic rings. The highest BCUT2D eigenvalue weighted by atomic mass is 79.9. The van der Waals surface area contributed by atoms with Crippen molar-refractivity contribution in [2.24, 2.45) is 0 Å². The van der Waals surface area contributed by atoms with Crippen LogP contribution in [0.4, 0.5) is 28.8 Å². The number of piperazine rings is 1. The summed E-state index contributed by atoms with van der Waals surface area (Å²) in [6.07, 6.45) is 8.56. The molecule has 10 nitrogen and oxygen atoms in total. The molecule has 1 saturated heterocycles. The molecule has 12 heteroatoms. The molecule has 0 bridgehead atoms. The monoisotopic (exact) mass is 691 g/mol. The Kier molecular flexibility index (Phi) is 9.71. The Bertz CT molecular complexity index is 1660. The number of ether oxygens (including phenoxy) is 1. The van der Waals surface area contributed by atoms with Gasteiger partial charge in [0, 0.05) is 86.6 Å². The number of nitrogens with zero attached hydrogens (tertiary/aromatic N) is 7. The Hall–Kier alpha value is -3.11. The van der Waals surface area contributed by atoms with Crippen molar-refractivity contribution in [2.75, 3.05) is 76.2 Å². The number of fused-ring (bicyclic) bond motifs is 1. The van der Waals surface area contributed by atoms with Crippen LogP contribution in [0.3, 0.4) is 0 Å². The van der Waals surface area contributed by atoms with Crippen molar-refractivity contribution < 1.29 is 4.74 Å². The van der Waals surface area contributed by atoms with Gasteiger partial charge in [-0.05, 0) is 79.3 Å². The first kappa shape index (κ1) is 31.9. The lowest BCUT2D eigenvalue weighted by Gasteiger charge is -2.49. The van der Waals surface area contributed by atoms with E-state index in [1.54, 1.807) is 25.7 Å². The van der Waals surface area contributed by atoms with Gasteiger partial charge in [0.15, 0.2) is 0 Å². The van der Waals surface area contributed by atoms with Crippen LogP contribution in [0.5, 0.6) is 5.75 Å². The molecule has 45 heavy (non-hydrogen) atoms. The molecule has 0 spiro atoms. The average molecular weight is 693 g/mol. The topological polar surface area (TPSA) is 94.6 Å². The Balaban J connectivity index is 1.21. The van der Waals surface area contributed by atoms with Crippen LogP contribution < -0.4 is 25.6 Å². The van der Waals surface area contributed by atoms with E-state index in [0.29, 0.717) is 23.8 Å². The SMILES string of the molecule is CCc1cc(Nc2ncc(Br)c(Nc3ccc4nccnc4c3P(C)C)n2)c(OC)cc1N(C)[C@H]1C[C@@H](N2CCN(C)CC2)C1. The van der Waals surface area contributed by atoms with E-state index in [1.165, 1.54) is 50.3 Å². The lowest BCUT2D eigenvalue weighted by Crippen LogP contribution is -2.57.